The maximum atomic E-state index is 6.32. The first-order valence-corrected chi connectivity index (χ1v) is 13.2. The van der Waals surface area contributed by atoms with Crippen LogP contribution in [0.4, 0.5) is 0 Å². The van der Waals surface area contributed by atoms with Crippen molar-refractivity contribution in [2.24, 2.45) is 17.8 Å². The van der Waals surface area contributed by atoms with E-state index in [2.05, 4.69) is 37.9 Å². The fourth-order valence-corrected chi connectivity index (χ4v) is 5.23. The lowest BCUT2D eigenvalue weighted by molar-refractivity contribution is 0.0300. The van der Waals surface area contributed by atoms with Crippen molar-refractivity contribution in [2.45, 2.75) is 116 Å². The molecule has 0 amide bonds. The van der Waals surface area contributed by atoms with Crippen molar-refractivity contribution in [3.05, 3.63) is 12.2 Å². The van der Waals surface area contributed by atoms with Gasteiger partial charge in [-0.3, -0.25) is 0 Å². The maximum absolute atomic E-state index is 6.32. The Hall–Kier alpha value is -0.340. The van der Waals surface area contributed by atoms with Crippen LogP contribution in [0.2, 0.25) is 0 Å². The third-order valence-electron chi connectivity index (χ3n) is 7.22. The molecule has 0 aromatic rings. The van der Waals surface area contributed by atoms with Gasteiger partial charge in [0.25, 0.3) is 0 Å². The van der Waals surface area contributed by atoms with Gasteiger partial charge in [0.15, 0.2) is 0 Å². The van der Waals surface area contributed by atoms with Gasteiger partial charge in [0.1, 0.15) is 0 Å². The topological polar surface area (TPSA) is 12.5 Å². The van der Waals surface area contributed by atoms with Crippen molar-refractivity contribution in [2.75, 3.05) is 26.7 Å². The molecule has 2 aliphatic rings. The van der Waals surface area contributed by atoms with Gasteiger partial charge in [-0.1, -0.05) is 83.8 Å². The van der Waals surface area contributed by atoms with E-state index in [9.17, 15) is 0 Å². The lowest BCUT2D eigenvalue weighted by Crippen LogP contribution is -2.23. The van der Waals surface area contributed by atoms with Gasteiger partial charge >= 0.3 is 0 Å². The van der Waals surface area contributed by atoms with Gasteiger partial charge in [0.05, 0.1) is 6.10 Å². The highest BCUT2D eigenvalue weighted by Gasteiger charge is 2.35. The molecule has 1 aliphatic carbocycles. The molecule has 1 saturated carbocycles. The van der Waals surface area contributed by atoms with Crippen molar-refractivity contribution < 1.29 is 4.74 Å². The minimum absolute atomic E-state index is 0.500. The van der Waals surface area contributed by atoms with Crippen LogP contribution < -0.4 is 0 Å². The van der Waals surface area contributed by atoms with Crippen LogP contribution in [-0.4, -0.2) is 37.7 Å². The fraction of sp³-hybridized carbons (Fsp3) is 0.926. The normalized spacial score (nSPS) is 27.3. The molecule has 4 unspecified atom stereocenters. The van der Waals surface area contributed by atoms with E-state index < -0.39 is 0 Å². The van der Waals surface area contributed by atoms with Gasteiger partial charge in [-0.15, -0.1) is 0 Å². The SMILES string of the molecule is CCC=CCCC1CC1CCCCCC1CN(C)CC1OCCCCCCCC. The standard InChI is InChI=1S/C27H51NO/c1-4-6-8-10-11-16-20-29-27-23-28(3)22-26(27)19-15-12-14-18-25-21-24(25)17-13-9-7-5-2/h7,9,24-27H,4-6,8,10-23H2,1-3H3. The zero-order chi connectivity index (χ0) is 20.7. The van der Waals surface area contributed by atoms with Crippen LogP contribution >= 0.6 is 0 Å². The van der Waals surface area contributed by atoms with E-state index in [0.717, 1.165) is 30.9 Å². The van der Waals surface area contributed by atoms with Crippen LogP contribution in [0.15, 0.2) is 12.2 Å². The van der Waals surface area contributed by atoms with Crippen molar-refractivity contribution in [3.8, 4) is 0 Å². The minimum atomic E-state index is 0.500. The molecule has 29 heavy (non-hydrogen) atoms. The van der Waals surface area contributed by atoms with Gasteiger partial charge in [-0.25, -0.2) is 0 Å². The average Bonchev–Trinajstić information content (AvgIpc) is 3.37. The number of likely N-dealkylation sites (tertiary alicyclic amines) is 1. The summed E-state index contributed by atoms with van der Waals surface area (Å²) in [6, 6.07) is 0. The summed E-state index contributed by atoms with van der Waals surface area (Å²) in [7, 11) is 2.27. The number of rotatable bonds is 18. The lowest BCUT2D eigenvalue weighted by atomic mass is 9.97. The van der Waals surface area contributed by atoms with E-state index in [-0.39, 0.29) is 0 Å². The molecule has 170 valence electrons. The van der Waals surface area contributed by atoms with Crippen LogP contribution in [0.5, 0.6) is 0 Å². The molecule has 2 rings (SSSR count). The second-order valence-electron chi connectivity index (χ2n) is 10.0. The molecule has 0 aromatic heterocycles. The summed E-state index contributed by atoms with van der Waals surface area (Å²) in [4.78, 5) is 2.48. The predicted molar refractivity (Wildman–Crippen MR) is 127 cm³/mol. The summed E-state index contributed by atoms with van der Waals surface area (Å²) in [6.07, 6.45) is 26.0. The van der Waals surface area contributed by atoms with E-state index in [1.807, 2.05) is 0 Å². The van der Waals surface area contributed by atoms with E-state index in [1.165, 1.54) is 103 Å². The van der Waals surface area contributed by atoms with E-state index in [4.69, 9.17) is 4.74 Å². The largest absolute Gasteiger partial charge is 0.377 e. The van der Waals surface area contributed by atoms with Crippen molar-refractivity contribution in [3.63, 3.8) is 0 Å². The van der Waals surface area contributed by atoms with Crippen LogP contribution in [-0.2, 0) is 4.74 Å². The zero-order valence-electron chi connectivity index (χ0n) is 20.0. The number of allylic oxidation sites excluding steroid dienone is 2. The molecule has 4 atom stereocenters. The van der Waals surface area contributed by atoms with Crippen molar-refractivity contribution >= 4 is 0 Å². The number of hydrogen-bond donors (Lipinski definition) is 0. The summed E-state index contributed by atoms with van der Waals surface area (Å²) >= 11 is 0. The first-order chi connectivity index (χ1) is 14.2. The average molecular weight is 406 g/mol. The molecule has 2 heteroatoms. The minimum Gasteiger partial charge on any atom is -0.377 e. The lowest BCUT2D eigenvalue weighted by Gasteiger charge is -2.19. The highest BCUT2D eigenvalue weighted by atomic mass is 16.5. The number of ether oxygens (including phenoxy) is 1. The molecule has 0 N–H and O–H groups in total. The van der Waals surface area contributed by atoms with Gasteiger partial charge in [0.2, 0.25) is 0 Å². The van der Waals surface area contributed by atoms with Crippen molar-refractivity contribution in [1.82, 2.24) is 4.90 Å². The van der Waals surface area contributed by atoms with Crippen LogP contribution in [0.25, 0.3) is 0 Å². The molecule has 2 nitrogen and oxygen atoms in total. The molecule has 1 aliphatic heterocycles. The molecular formula is C27H51NO. The Bertz CT molecular complexity index is 421. The number of unbranched alkanes of at least 4 members (excludes halogenated alkanes) is 7. The molecule has 2 fully saturated rings. The van der Waals surface area contributed by atoms with Gasteiger partial charge in [0, 0.05) is 19.7 Å². The number of hydrogen-bond acceptors (Lipinski definition) is 2. The highest BCUT2D eigenvalue weighted by molar-refractivity contribution is 4.89. The predicted octanol–water partition coefficient (Wildman–Crippen LogP) is 7.63. The Morgan fingerprint density at radius 2 is 1.45 bits per heavy atom. The third-order valence-corrected chi connectivity index (χ3v) is 7.22. The van der Waals surface area contributed by atoms with E-state index in [0.29, 0.717) is 6.10 Å². The first-order valence-electron chi connectivity index (χ1n) is 13.2. The second kappa shape index (κ2) is 15.5. The molecular weight excluding hydrogens is 354 g/mol. The summed E-state index contributed by atoms with van der Waals surface area (Å²) in [6.45, 7) is 7.89. The Kier molecular flexibility index (Phi) is 13.3. The van der Waals surface area contributed by atoms with Gasteiger partial charge in [-0.2, -0.15) is 0 Å². The van der Waals surface area contributed by atoms with Gasteiger partial charge in [-0.05, 0) is 63.3 Å². The summed E-state index contributed by atoms with van der Waals surface area (Å²) in [5.74, 6) is 2.90. The van der Waals surface area contributed by atoms with Crippen LogP contribution in [0, 0.1) is 17.8 Å². The number of nitrogens with zero attached hydrogens (tertiary/aromatic N) is 1. The molecule has 0 aromatic carbocycles. The zero-order valence-corrected chi connectivity index (χ0v) is 20.0. The Balaban J connectivity index is 1.46. The monoisotopic (exact) mass is 405 g/mol. The Morgan fingerprint density at radius 3 is 2.24 bits per heavy atom. The smallest absolute Gasteiger partial charge is 0.0742 e. The third kappa shape index (κ3) is 11.0. The molecule has 0 spiro atoms. The van der Waals surface area contributed by atoms with Crippen molar-refractivity contribution in [1.29, 1.82) is 0 Å². The van der Waals surface area contributed by atoms with Crippen LogP contribution in [0.3, 0.4) is 0 Å². The number of likely N-dealkylation sites (N-methyl/N-ethyl adjacent to an activating group) is 1. The van der Waals surface area contributed by atoms with E-state index in [1.54, 1.807) is 0 Å². The van der Waals surface area contributed by atoms with Crippen LogP contribution in [0.1, 0.15) is 110 Å². The summed E-state index contributed by atoms with van der Waals surface area (Å²) < 4.78 is 6.32. The molecule has 0 bridgehead atoms. The summed E-state index contributed by atoms with van der Waals surface area (Å²) in [5, 5.41) is 0. The second-order valence-corrected chi connectivity index (χ2v) is 10.0. The summed E-state index contributed by atoms with van der Waals surface area (Å²) in [5.41, 5.74) is 0. The first kappa shape index (κ1) is 24.9. The van der Waals surface area contributed by atoms with E-state index >= 15 is 0 Å². The highest BCUT2D eigenvalue weighted by Crippen LogP contribution is 2.45. The maximum Gasteiger partial charge on any atom is 0.0742 e. The molecule has 1 heterocycles. The Labute approximate surface area is 182 Å². The molecule has 1 saturated heterocycles. The quantitative estimate of drug-likeness (QED) is 0.172. The Morgan fingerprint density at radius 1 is 0.759 bits per heavy atom. The van der Waals surface area contributed by atoms with Gasteiger partial charge < -0.3 is 9.64 Å². The fourth-order valence-electron chi connectivity index (χ4n) is 5.23. The molecule has 0 radical (unpaired) electrons.